The zero-order valence-corrected chi connectivity index (χ0v) is 13.2. The van der Waals surface area contributed by atoms with Gasteiger partial charge in [0.25, 0.3) is 5.69 Å². The van der Waals surface area contributed by atoms with Crippen molar-refractivity contribution in [3.8, 4) is 22.6 Å². The van der Waals surface area contributed by atoms with Crippen LogP contribution >= 0.6 is 0 Å². The highest BCUT2D eigenvalue weighted by atomic mass is 16.6. The highest BCUT2D eigenvalue weighted by molar-refractivity contribution is 5.94. The van der Waals surface area contributed by atoms with Gasteiger partial charge in [0.05, 0.1) is 16.1 Å². The lowest BCUT2D eigenvalue weighted by atomic mass is 10.1. The van der Waals surface area contributed by atoms with Crippen LogP contribution in [0.15, 0.2) is 78.9 Å². The lowest BCUT2D eigenvalue weighted by Gasteiger charge is -2.09. The molecule has 0 radical (unpaired) electrons. The van der Waals surface area contributed by atoms with Gasteiger partial charge < -0.3 is 0 Å². The third-order valence-corrected chi connectivity index (χ3v) is 3.97. The molecule has 0 saturated heterocycles. The molecule has 25 heavy (non-hydrogen) atoms. The van der Waals surface area contributed by atoms with Gasteiger partial charge in [-0.15, -0.1) is 0 Å². The maximum absolute atomic E-state index is 11.1. The Bertz CT molecular complexity index is 1060. The van der Waals surface area contributed by atoms with Crippen LogP contribution in [0.25, 0.3) is 33.5 Å². The van der Waals surface area contributed by atoms with Gasteiger partial charge in [0, 0.05) is 28.6 Å². The number of hydrogen-bond acceptors (Lipinski definition) is 4. The minimum Gasteiger partial charge on any atom is -0.258 e. The van der Waals surface area contributed by atoms with Gasteiger partial charge in [-0.2, -0.15) is 0 Å². The van der Waals surface area contributed by atoms with Crippen molar-refractivity contribution < 1.29 is 4.92 Å². The van der Waals surface area contributed by atoms with Gasteiger partial charge in [-0.25, -0.2) is 9.97 Å². The minimum absolute atomic E-state index is 0.0285. The summed E-state index contributed by atoms with van der Waals surface area (Å²) in [7, 11) is 0. The lowest BCUT2D eigenvalue weighted by Crippen LogP contribution is -1.96. The van der Waals surface area contributed by atoms with Crippen LogP contribution in [0.3, 0.4) is 0 Å². The van der Waals surface area contributed by atoms with Crippen molar-refractivity contribution in [1.29, 1.82) is 0 Å². The molecule has 0 aliphatic rings. The Hall–Kier alpha value is -3.60. The average molecular weight is 327 g/mol. The van der Waals surface area contributed by atoms with E-state index >= 15 is 0 Å². The number of rotatable bonds is 3. The minimum atomic E-state index is -0.403. The molecule has 5 heteroatoms. The molecule has 1 heterocycles. The van der Waals surface area contributed by atoms with E-state index in [0.29, 0.717) is 22.4 Å². The van der Waals surface area contributed by atoms with E-state index in [1.165, 1.54) is 12.1 Å². The van der Waals surface area contributed by atoms with E-state index in [1.807, 2.05) is 60.7 Å². The lowest BCUT2D eigenvalue weighted by molar-refractivity contribution is -0.384. The second-order valence-electron chi connectivity index (χ2n) is 5.59. The molecule has 1 aromatic heterocycles. The molecule has 5 nitrogen and oxygen atoms in total. The molecule has 0 fully saturated rings. The van der Waals surface area contributed by atoms with Crippen LogP contribution in [0.1, 0.15) is 0 Å². The van der Waals surface area contributed by atoms with Gasteiger partial charge >= 0.3 is 0 Å². The zero-order valence-electron chi connectivity index (χ0n) is 13.2. The van der Waals surface area contributed by atoms with Gasteiger partial charge in [0.15, 0.2) is 5.82 Å². The first-order chi connectivity index (χ1) is 12.2. The Labute approximate surface area is 143 Å². The fourth-order valence-corrected chi connectivity index (χ4v) is 2.76. The number of nitro benzene ring substituents is 1. The molecule has 4 aromatic rings. The predicted molar refractivity (Wildman–Crippen MR) is 97.1 cm³/mol. The molecule has 120 valence electrons. The second-order valence-corrected chi connectivity index (χ2v) is 5.59. The Balaban J connectivity index is 2.03. The highest BCUT2D eigenvalue weighted by Crippen LogP contribution is 2.31. The normalized spacial score (nSPS) is 10.7. The van der Waals surface area contributed by atoms with Gasteiger partial charge in [-0.05, 0) is 6.07 Å². The summed E-state index contributed by atoms with van der Waals surface area (Å²) in [6.45, 7) is 0. The van der Waals surface area contributed by atoms with Crippen molar-refractivity contribution in [1.82, 2.24) is 9.97 Å². The monoisotopic (exact) mass is 327 g/mol. The summed E-state index contributed by atoms with van der Waals surface area (Å²) in [5.74, 6) is 0.598. The molecule has 0 amide bonds. The van der Waals surface area contributed by atoms with E-state index in [9.17, 15) is 10.1 Å². The van der Waals surface area contributed by atoms with E-state index in [1.54, 1.807) is 6.07 Å². The van der Waals surface area contributed by atoms with Crippen molar-refractivity contribution >= 4 is 16.6 Å². The Morgan fingerprint density at radius 2 is 1.40 bits per heavy atom. The number of fused-ring (bicyclic) bond motifs is 1. The quantitative estimate of drug-likeness (QED) is 0.397. The van der Waals surface area contributed by atoms with Crippen LogP contribution < -0.4 is 0 Å². The summed E-state index contributed by atoms with van der Waals surface area (Å²) in [6, 6.07) is 24.0. The molecular weight excluding hydrogens is 314 g/mol. The highest BCUT2D eigenvalue weighted by Gasteiger charge is 2.14. The first-order valence-corrected chi connectivity index (χ1v) is 7.79. The molecule has 0 atom stereocenters. The van der Waals surface area contributed by atoms with Crippen LogP contribution in [-0.2, 0) is 0 Å². The Morgan fingerprint density at radius 3 is 2.04 bits per heavy atom. The fourth-order valence-electron chi connectivity index (χ4n) is 2.76. The third kappa shape index (κ3) is 2.83. The topological polar surface area (TPSA) is 68.9 Å². The van der Waals surface area contributed by atoms with Crippen molar-refractivity contribution in [2.45, 2.75) is 0 Å². The molecule has 0 aliphatic carbocycles. The van der Waals surface area contributed by atoms with E-state index in [2.05, 4.69) is 4.98 Å². The number of non-ortho nitro benzene ring substituents is 1. The maximum Gasteiger partial charge on any atom is 0.270 e. The molecule has 0 bridgehead atoms. The first-order valence-electron chi connectivity index (χ1n) is 7.79. The summed E-state index contributed by atoms with van der Waals surface area (Å²) in [6.07, 6.45) is 0. The van der Waals surface area contributed by atoms with Crippen LogP contribution in [-0.4, -0.2) is 14.9 Å². The number of aromatic nitrogens is 2. The Kier molecular flexibility index (Phi) is 3.67. The van der Waals surface area contributed by atoms with Crippen molar-refractivity contribution in [3.63, 3.8) is 0 Å². The van der Waals surface area contributed by atoms with Gasteiger partial charge in [0.1, 0.15) is 0 Å². The average Bonchev–Trinajstić information content (AvgIpc) is 2.68. The molecule has 3 aromatic carbocycles. The van der Waals surface area contributed by atoms with E-state index in [4.69, 9.17) is 4.98 Å². The van der Waals surface area contributed by atoms with Gasteiger partial charge in [-0.1, -0.05) is 60.7 Å². The van der Waals surface area contributed by atoms with Crippen molar-refractivity contribution in [2.75, 3.05) is 0 Å². The summed E-state index contributed by atoms with van der Waals surface area (Å²) in [5, 5.41) is 11.8. The Morgan fingerprint density at radius 1 is 0.760 bits per heavy atom. The van der Waals surface area contributed by atoms with Crippen molar-refractivity contribution in [3.05, 3.63) is 89.0 Å². The zero-order chi connectivity index (χ0) is 17.2. The van der Waals surface area contributed by atoms with Crippen LogP contribution in [0.2, 0.25) is 0 Å². The summed E-state index contributed by atoms with van der Waals surface area (Å²) < 4.78 is 0. The van der Waals surface area contributed by atoms with Crippen LogP contribution in [0.5, 0.6) is 0 Å². The van der Waals surface area contributed by atoms with E-state index in [0.717, 1.165) is 11.1 Å². The van der Waals surface area contributed by atoms with E-state index in [-0.39, 0.29) is 5.69 Å². The fraction of sp³-hybridized carbons (Fsp3) is 0. The molecule has 0 saturated carbocycles. The standard InChI is InChI=1S/C20H13N3O2/c24-23(25)16-11-12-18-17(13-16)19(14-7-3-1-4-8-14)22-20(21-18)15-9-5-2-6-10-15/h1-13H. The molecule has 0 aliphatic heterocycles. The van der Waals surface area contributed by atoms with Crippen LogP contribution in [0.4, 0.5) is 5.69 Å². The molecule has 0 spiro atoms. The molecular formula is C20H13N3O2. The SMILES string of the molecule is O=[N+]([O-])c1ccc2nc(-c3ccccc3)nc(-c3ccccc3)c2c1. The molecule has 0 unspecified atom stereocenters. The largest absolute Gasteiger partial charge is 0.270 e. The van der Waals surface area contributed by atoms with Gasteiger partial charge in [-0.3, -0.25) is 10.1 Å². The predicted octanol–water partition coefficient (Wildman–Crippen LogP) is 4.87. The smallest absolute Gasteiger partial charge is 0.258 e. The number of nitro groups is 1. The summed E-state index contributed by atoms with van der Waals surface area (Å²) in [4.78, 5) is 20.0. The first kappa shape index (κ1) is 15.0. The third-order valence-electron chi connectivity index (χ3n) is 3.97. The molecule has 4 rings (SSSR count). The second kappa shape index (κ2) is 6.13. The van der Waals surface area contributed by atoms with Crippen molar-refractivity contribution in [2.24, 2.45) is 0 Å². The van der Waals surface area contributed by atoms with Crippen LogP contribution in [0, 0.1) is 10.1 Å². The number of benzene rings is 3. The number of hydrogen-bond donors (Lipinski definition) is 0. The number of nitrogens with zero attached hydrogens (tertiary/aromatic N) is 3. The summed E-state index contributed by atoms with van der Waals surface area (Å²) >= 11 is 0. The van der Waals surface area contributed by atoms with Gasteiger partial charge in [0.2, 0.25) is 0 Å². The molecule has 0 N–H and O–H groups in total. The summed E-state index contributed by atoms with van der Waals surface area (Å²) in [5.41, 5.74) is 3.19. The van der Waals surface area contributed by atoms with E-state index < -0.39 is 4.92 Å². The maximum atomic E-state index is 11.1.